The Bertz CT molecular complexity index is 3540. The maximum absolute atomic E-state index is 13.7. The number of nitrogens with zero attached hydrogens (tertiary/aromatic N) is 5. The fourth-order valence-corrected chi connectivity index (χ4v) is 12.7. The number of aliphatic carboxylic acids is 1. The molecule has 0 bridgehead atoms. The monoisotopic (exact) mass is 1230 g/mol. The Kier molecular flexibility index (Phi) is 27.1. The average molecular weight is 1230 g/mol. The summed E-state index contributed by atoms with van der Waals surface area (Å²) in [5, 5.41) is 20.3. The van der Waals surface area contributed by atoms with Crippen molar-refractivity contribution < 1.29 is 60.2 Å². The second-order valence-corrected chi connectivity index (χ2v) is 24.1. The minimum atomic E-state index is -3.84. The number of carboxylic acid groups (broad SMARTS) is 1. The molecule has 8 rings (SSSR count). The fourth-order valence-electron chi connectivity index (χ4n) is 9.41. The van der Waals surface area contributed by atoms with Crippen LogP contribution in [-0.4, -0.2) is 165 Å². The quantitative estimate of drug-likeness (QED) is 0.0421. The van der Waals surface area contributed by atoms with E-state index in [1.54, 1.807) is 40.7 Å². The van der Waals surface area contributed by atoms with E-state index in [1.807, 2.05) is 149 Å². The van der Waals surface area contributed by atoms with Crippen LogP contribution < -0.4 is 25.8 Å². The van der Waals surface area contributed by atoms with Crippen molar-refractivity contribution in [3.05, 3.63) is 170 Å². The number of amides is 3. The van der Waals surface area contributed by atoms with E-state index in [9.17, 15) is 45.6 Å². The Balaban J connectivity index is 0.000000258. The van der Waals surface area contributed by atoms with E-state index < -0.39 is 61.6 Å². The van der Waals surface area contributed by atoms with Gasteiger partial charge in [-0.05, 0) is 47.5 Å². The number of rotatable bonds is 22. The molecule has 21 nitrogen and oxygen atoms in total. The van der Waals surface area contributed by atoms with Crippen molar-refractivity contribution in [2.45, 2.75) is 49.7 Å². The van der Waals surface area contributed by atoms with E-state index in [2.05, 4.69) is 29.1 Å². The molecule has 2 saturated heterocycles. The van der Waals surface area contributed by atoms with Gasteiger partial charge in [0.05, 0.1) is 34.5 Å². The molecule has 0 spiro atoms. The number of hydrogen-bond acceptors (Lipinski definition) is 15. The standard InChI is InChI=1S/C31H36N4O6S.C16H21N3O2S.C15H17NO5.C2H6/c1-4-29(36)32-21-24(20-30(37)41-22-23-10-6-5-7-11-23)31(38)34-16-18-35(19-17-34)42(39,40)28-15-9-12-25-26(28)13-8-14-27(25)33(2)3;1-18(2)15-7-3-6-14-13(15)5-4-8-16(14)22(20,21)19-11-9-17-10-12-19;1-2-13(17)16-9-12(15(19)20)8-14(18)21-10-11-6-4-3-5-7-11;1-2/h4-15,24H,1,16-22H2,2-3H3,(H,32,36);3-8,17H,9-12H2,1-2H3;2-7,12H,1,8-10H2,(H,16,17)(H,19,20);1-2H3/t24-;;12-;/m0.0./s1. The molecule has 2 aliphatic rings. The van der Waals surface area contributed by atoms with E-state index in [4.69, 9.17) is 14.6 Å². The number of anilines is 2. The first-order chi connectivity index (χ1) is 41.7. The third-order valence-corrected chi connectivity index (χ3v) is 17.9. The molecule has 23 heteroatoms. The highest BCUT2D eigenvalue weighted by atomic mass is 32.2. The maximum atomic E-state index is 13.7. The van der Waals surface area contributed by atoms with Gasteiger partial charge in [-0.2, -0.15) is 8.61 Å². The summed E-state index contributed by atoms with van der Waals surface area (Å²) < 4.78 is 66.7. The molecule has 2 fully saturated rings. The lowest BCUT2D eigenvalue weighted by Gasteiger charge is -2.36. The summed E-state index contributed by atoms with van der Waals surface area (Å²) in [7, 11) is 0.445. The van der Waals surface area contributed by atoms with Gasteiger partial charge in [0, 0.05) is 127 Å². The van der Waals surface area contributed by atoms with Crippen LogP contribution in [0.1, 0.15) is 37.8 Å². The molecular weight excluding hydrogens is 1150 g/mol. The molecule has 87 heavy (non-hydrogen) atoms. The number of fused-ring (bicyclic) bond motifs is 2. The number of sulfonamides is 2. The number of nitrogens with one attached hydrogen (secondary N) is 3. The lowest BCUT2D eigenvalue weighted by Crippen LogP contribution is -2.53. The van der Waals surface area contributed by atoms with E-state index >= 15 is 0 Å². The first-order valence-electron chi connectivity index (χ1n) is 28.5. The Hall–Kier alpha value is -8.48. The van der Waals surface area contributed by atoms with Crippen LogP contribution in [0.3, 0.4) is 0 Å². The number of esters is 2. The zero-order valence-electron chi connectivity index (χ0n) is 50.2. The molecule has 4 N–H and O–H groups in total. The summed E-state index contributed by atoms with van der Waals surface area (Å²) in [6.45, 7) is 13.5. The zero-order chi connectivity index (χ0) is 63.7. The minimum absolute atomic E-state index is 0.0698. The number of carboxylic acids is 1. The van der Waals surface area contributed by atoms with E-state index in [-0.39, 0.29) is 76.1 Å². The van der Waals surface area contributed by atoms with Crippen molar-refractivity contribution in [2.75, 3.05) is 103 Å². The summed E-state index contributed by atoms with van der Waals surface area (Å²) in [5.74, 6) is -5.57. The van der Waals surface area contributed by atoms with Gasteiger partial charge in [0.1, 0.15) is 13.2 Å². The first-order valence-corrected chi connectivity index (χ1v) is 31.3. The van der Waals surface area contributed by atoms with Gasteiger partial charge >= 0.3 is 17.9 Å². The molecule has 2 heterocycles. The molecule has 0 aliphatic carbocycles. The van der Waals surface area contributed by atoms with Crippen molar-refractivity contribution in [3.63, 3.8) is 0 Å². The van der Waals surface area contributed by atoms with Crippen LogP contribution in [0.4, 0.5) is 11.4 Å². The third-order valence-electron chi connectivity index (χ3n) is 14.0. The van der Waals surface area contributed by atoms with Crippen LogP contribution in [0.15, 0.2) is 169 Å². The molecule has 0 saturated carbocycles. The zero-order valence-corrected chi connectivity index (χ0v) is 51.9. The topological polar surface area (TPSA) is 262 Å². The predicted octanol–water partition coefficient (Wildman–Crippen LogP) is 6.44. The minimum Gasteiger partial charge on any atom is -0.481 e. The highest BCUT2D eigenvalue weighted by Crippen LogP contribution is 2.34. The highest BCUT2D eigenvalue weighted by molar-refractivity contribution is 7.89. The van der Waals surface area contributed by atoms with Gasteiger partial charge < -0.3 is 45.2 Å². The summed E-state index contributed by atoms with van der Waals surface area (Å²) in [4.78, 5) is 77.7. The number of ether oxygens (including phenoxy) is 2. The number of piperazine rings is 2. The van der Waals surface area contributed by atoms with Gasteiger partial charge in [-0.15, -0.1) is 0 Å². The van der Waals surface area contributed by atoms with E-state index in [0.29, 0.717) is 36.5 Å². The smallest absolute Gasteiger partial charge is 0.308 e. The molecule has 2 aliphatic heterocycles. The van der Waals surface area contributed by atoms with Crippen molar-refractivity contribution >= 4 is 88.6 Å². The number of hydrogen-bond donors (Lipinski definition) is 4. The molecule has 6 aromatic carbocycles. The molecule has 3 amide bonds. The van der Waals surface area contributed by atoms with Gasteiger partial charge in [0.15, 0.2) is 0 Å². The Morgan fingerprint density at radius 3 is 1.32 bits per heavy atom. The summed E-state index contributed by atoms with van der Waals surface area (Å²) >= 11 is 0. The van der Waals surface area contributed by atoms with Crippen molar-refractivity contribution in [1.29, 1.82) is 0 Å². The summed E-state index contributed by atoms with van der Waals surface area (Å²) in [6, 6.07) is 40.4. The van der Waals surface area contributed by atoms with Gasteiger partial charge in [-0.1, -0.05) is 136 Å². The molecule has 466 valence electrons. The Morgan fingerprint density at radius 2 is 0.920 bits per heavy atom. The number of carbonyl (C=O) groups excluding carboxylic acids is 5. The van der Waals surface area contributed by atoms with Crippen molar-refractivity contribution in [1.82, 2.24) is 29.5 Å². The highest BCUT2D eigenvalue weighted by Gasteiger charge is 2.35. The third kappa shape index (κ3) is 19.8. The second kappa shape index (κ2) is 34.0. The Labute approximate surface area is 510 Å². The largest absolute Gasteiger partial charge is 0.481 e. The van der Waals surface area contributed by atoms with Crippen molar-refractivity contribution in [2.24, 2.45) is 11.8 Å². The van der Waals surface area contributed by atoms with Crippen LogP contribution in [0.5, 0.6) is 0 Å². The molecular formula is C64H80N8O13S2. The maximum Gasteiger partial charge on any atom is 0.308 e. The van der Waals surface area contributed by atoms with Crippen LogP contribution in [0.25, 0.3) is 21.5 Å². The first kappa shape index (κ1) is 69.3. The van der Waals surface area contributed by atoms with Crippen LogP contribution in [0, 0.1) is 11.8 Å². The average Bonchev–Trinajstić information content (AvgIpc) is 2.28. The van der Waals surface area contributed by atoms with Gasteiger partial charge in [0.2, 0.25) is 37.8 Å². The van der Waals surface area contributed by atoms with Crippen LogP contribution in [-0.2, 0) is 71.5 Å². The lowest BCUT2D eigenvalue weighted by atomic mass is 10.0. The fraction of sp³-hybridized carbons (Fsp3) is 0.344. The molecule has 0 unspecified atom stereocenters. The summed E-state index contributed by atoms with van der Waals surface area (Å²) in [5.41, 5.74) is 3.57. The van der Waals surface area contributed by atoms with Gasteiger partial charge in [-0.25, -0.2) is 16.8 Å². The molecule has 6 aromatic rings. The SMILES string of the molecule is C=CC(=O)NC[C@H](CC(=O)OCc1ccccc1)C(=O)N1CCN(S(=O)(=O)c2cccc3c(N(C)C)cccc23)CC1.C=CC(=O)NC[C@H](CC(=O)OCc1ccccc1)C(=O)O.CC.CN(C)c1cccc2c(S(=O)(=O)N3CCNCC3)cccc12. The lowest BCUT2D eigenvalue weighted by molar-refractivity contribution is -0.152. The number of carbonyl (C=O) groups is 6. The second-order valence-electron chi connectivity index (χ2n) is 20.3. The van der Waals surface area contributed by atoms with Crippen LogP contribution >= 0.6 is 0 Å². The normalized spacial score (nSPS) is 14.1. The number of benzene rings is 6. The van der Waals surface area contributed by atoms with Crippen LogP contribution in [0.2, 0.25) is 0 Å². The molecule has 2 atom stereocenters. The van der Waals surface area contributed by atoms with Gasteiger partial charge in [-0.3, -0.25) is 28.8 Å². The van der Waals surface area contributed by atoms with Gasteiger partial charge in [0.25, 0.3) is 0 Å². The summed E-state index contributed by atoms with van der Waals surface area (Å²) in [6.07, 6.45) is 1.59. The predicted molar refractivity (Wildman–Crippen MR) is 338 cm³/mol. The van der Waals surface area contributed by atoms with E-state index in [0.717, 1.165) is 50.8 Å². The molecule has 0 aromatic heterocycles. The molecule has 0 radical (unpaired) electrons. The van der Waals surface area contributed by atoms with Crippen molar-refractivity contribution in [3.8, 4) is 0 Å². The Morgan fingerprint density at radius 1 is 0.540 bits per heavy atom. The van der Waals surface area contributed by atoms with E-state index in [1.165, 1.54) is 9.21 Å².